The minimum Gasteiger partial charge on any atom is -0.340 e. The van der Waals surface area contributed by atoms with Gasteiger partial charge in [-0.1, -0.05) is 30.1 Å². The summed E-state index contributed by atoms with van der Waals surface area (Å²) in [5.41, 5.74) is 1.47. The van der Waals surface area contributed by atoms with Crippen molar-refractivity contribution in [2.24, 2.45) is 0 Å². The molecule has 0 aliphatic rings. The van der Waals surface area contributed by atoms with E-state index in [2.05, 4.69) is 15.6 Å². The smallest absolute Gasteiger partial charge is 0.224 e. The van der Waals surface area contributed by atoms with Crippen LogP contribution in [0.2, 0.25) is 10.0 Å². The van der Waals surface area contributed by atoms with E-state index in [1.165, 1.54) is 0 Å². The molecule has 0 aliphatic carbocycles. The third-order valence-electron chi connectivity index (χ3n) is 2.72. The summed E-state index contributed by atoms with van der Waals surface area (Å²) < 4.78 is 0. The maximum Gasteiger partial charge on any atom is 0.224 e. The zero-order valence-electron chi connectivity index (χ0n) is 11.5. The van der Waals surface area contributed by atoms with E-state index < -0.39 is 0 Å². The molecular weight excluding hydrogens is 309 g/mol. The van der Waals surface area contributed by atoms with E-state index in [-0.39, 0.29) is 5.91 Å². The predicted molar refractivity (Wildman–Crippen MR) is 87.5 cm³/mol. The van der Waals surface area contributed by atoms with Gasteiger partial charge in [0.15, 0.2) is 0 Å². The fraction of sp³-hybridized carbons (Fsp3) is 0.200. The van der Waals surface area contributed by atoms with Crippen LogP contribution >= 0.6 is 23.2 Å². The Morgan fingerprint density at radius 3 is 2.52 bits per heavy atom. The second-order valence-corrected chi connectivity index (χ2v) is 5.30. The molecule has 0 atom stereocenters. The number of amides is 1. The van der Waals surface area contributed by atoms with Crippen molar-refractivity contribution in [3.05, 3.63) is 46.6 Å². The summed E-state index contributed by atoms with van der Waals surface area (Å²) in [5.74, 6) is 0.645. The Balaban J connectivity index is 2.01. The van der Waals surface area contributed by atoms with Crippen LogP contribution in [-0.4, -0.2) is 10.9 Å². The number of aromatic nitrogens is 1. The van der Waals surface area contributed by atoms with Crippen LogP contribution in [-0.2, 0) is 4.79 Å². The molecule has 0 saturated heterocycles. The quantitative estimate of drug-likeness (QED) is 0.825. The lowest BCUT2D eigenvalue weighted by Gasteiger charge is -2.08. The van der Waals surface area contributed by atoms with Gasteiger partial charge < -0.3 is 10.6 Å². The number of pyridine rings is 1. The maximum atomic E-state index is 11.5. The van der Waals surface area contributed by atoms with Gasteiger partial charge in [-0.25, -0.2) is 4.98 Å². The van der Waals surface area contributed by atoms with E-state index >= 15 is 0 Å². The number of hydrogen-bond acceptors (Lipinski definition) is 3. The molecule has 1 aromatic heterocycles. The number of carbonyl (C=O) groups is 1. The molecule has 0 saturated carbocycles. The van der Waals surface area contributed by atoms with Gasteiger partial charge >= 0.3 is 0 Å². The normalized spacial score (nSPS) is 10.2. The zero-order chi connectivity index (χ0) is 15.2. The van der Waals surface area contributed by atoms with Crippen molar-refractivity contribution in [3.63, 3.8) is 0 Å². The molecule has 4 nitrogen and oxygen atoms in total. The molecular formula is C15H15Cl2N3O. The van der Waals surface area contributed by atoms with Gasteiger partial charge in [0.05, 0.1) is 21.9 Å². The molecule has 0 spiro atoms. The lowest BCUT2D eigenvalue weighted by atomic mass is 10.3. The van der Waals surface area contributed by atoms with Gasteiger partial charge in [-0.05, 0) is 36.8 Å². The first-order valence-electron chi connectivity index (χ1n) is 6.56. The molecule has 2 aromatic rings. The third-order valence-corrected chi connectivity index (χ3v) is 3.46. The molecule has 1 heterocycles. The summed E-state index contributed by atoms with van der Waals surface area (Å²) in [6, 6.07) is 8.82. The van der Waals surface area contributed by atoms with Gasteiger partial charge in [-0.15, -0.1) is 0 Å². The second-order valence-electron chi connectivity index (χ2n) is 4.48. The van der Waals surface area contributed by atoms with E-state index in [0.29, 0.717) is 28.0 Å². The highest BCUT2D eigenvalue weighted by molar-refractivity contribution is 6.42. The Labute approximate surface area is 133 Å². The molecule has 0 unspecified atom stereocenters. The van der Waals surface area contributed by atoms with Gasteiger partial charge in [0.25, 0.3) is 0 Å². The Hall–Kier alpha value is -1.78. The van der Waals surface area contributed by atoms with Crippen molar-refractivity contribution in [1.82, 2.24) is 4.98 Å². The fourth-order valence-electron chi connectivity index (χ4n) is 1.71. The monoisotopic (exact) mass is 323 g/mol. The summed E-state index contributed by atoms with van der Waals surface area (Å²) in [7, 11) is 0. The Morgan fingerprint density at radius 2 is 1.90 bits per heavy atom. The van der Waals surface area contributed by atoms with Crippen molar-refractivity contribution in [1.29, 1.82) is 0 Å². The Bertz CT molecular complexity index is 629. The van der Waals surface area contributed by atoms with Crippen molar-refractivity contribution in [3.8, 4) is 0 Å². The highest BCUT2D eigenvalue weighted by Crippen LogP contribution is 2.26. The minimum absolute atomic E-state index is 0.00973. The van der Waals surface area contributed by atoms with Gasteiger partial charge in [0.2, 0.25) is 5.91 Å². The second kappa shape index (κ2) is 7.29. The average molecular weight is 324 g/mol. The van der Waals surface area contributed by atoms with E-state index in [0.717, 1.165) is 12.1 Å². The van der Waals surface area contributed by atoms with Crippen LogP contribution in [0.5, 0.6) is 0 Å². The van der Waals surface area contributed by atoms with Gasteiger partial charge in [0, 0.05) is 12.1 Å². The number of anilines is 3. The highest BCUT2D eigenvalue weighted by atomic mass is 35.5. The van der Waals surface area contributed by atoms with Crippen molar-refractivity contribution < 1.29 is 4.79 Å². The molecule has 1 aromatic carbocycles. The standard InChI is InChI=1S/C15H15Cl2N3O/c1-2-3-15(21)20-11-5-7-14(18-9-11)19-10-4-6-12(16)13(17)8-10/h4-9H,2-3H2,1H3,(H,18,19)(H,20,21). The molecule has 0 radical (unpaired) electrons. The maximum absolute atomic E-state index is 11.5. The summed E-state index contributed by atoms with van der Waals surface area (Å²) in [6.07, 6.45) is 2.92. The average Bonchev–Trinajstić information content (AvgIpc) is 2.45. The van der Waals surface area contributed by atoms with E-state index in [1.807, 2.05) is 13.0 Å². The predicted octanol–water partition coefficient (Wildman–Crippen LogP) is 4.87. The molecule has 2 N–H and O–H groups in total. The first-order valence-corrected chi connectivity index (χ1v) is 7.32. The number of rotatable bonds is 5. The molecule has 110 valence electrons. The minimum atomic E-state index is -0.00973. The highest BCUT2D eigenvalue weighted by Gasteiger charge is 2.03. The summed E-state index contributed by atoms with van der Waals surface area (Å²) in [6.45, 7) is 1.96. The number of nitrogens with zero attached hydrogens (tertiary/aromatic N) is 1. The largest absolute Gasteiger partial charge is 0.340 e. The van der Waals surface area contributed by atoms with Crippen LogP contribution in [0.1, 0.15) is 19.8 Å². The number of nitrogens with one attached hydrogen (secondary N) is 2. The lowest BCUT2D eigenvalue weighted by molar-refractivity contribution is -0.116. The molecule has 0 aliphatic heterocycles. The van der Waals surface area contributed by atoms with Crippen LogP contribution in [0, 0.1) is 0 Å². The molecule has 0 fully saturated rings. The Kier molecular flexibility index (Phi) is 5.42. The number of hydrogen-bond donors (Lipinski definition) is 2. The van der Waals surface area contributed by atoms with Crippen LogP contribution in [0.15, 0.2) is 36.5 Å². The Morgan fingerprint density at radius 1 is 1.14 bits per heavy atom. The van der Waals surface area contributed by atoms with E-state index in [9.17, 15) is 4.79 Å². The summed E-state index contributed by atoms with van der Waals surface area (Å²) in [5, 5.41) is 6.87. The van der Waals surface area contributed by atoms with Crippen LogP contribution in [0.3, 0.4) is 0 Å². The van der Waals surface area contributed by atoms with E-state index in [4.69, 9.17) is 23.2 Å². The van der Waals surface area contributed by atoms with Crippen molar-refractivity contribution >= 4 is 46.3 Å². The van der Waals surface area contributed by atoms with Gasteiger partial charge in [-0.3, -0.25) is 4.79 Å². The fourth-order valence-corrected chi connectivity index (χ4v) is 2.01. The van der Waals surface area contributed by atoms with Gasteiger partial charge in [-0.2, -0.15) is 0 Å². The van der Waals surface area contributed by atoms with Crippen molar-refractivity contribution in [2.45, 2.75) is 19.8 Å². The molecule has 0 bridgehead atoms. The first kappa shape index (κ1) is 15.6. The van der Waals surface area contributed by atoms with Crippen molar-refractivity contribution in [2.75, 3.05) is 10.6 Å². The molecule has 21 heavy (non-hydrogen) atoms. The summed E-state index contributed by atoms with van der Waals surface area (Å²) >= 11 is 11.8. The summed E-state index contributed by atoms with van der Waals surface area (Å²) in [4.78, 5) is 15.7. The van der Waals surface area contributed by atoms with E-state index in [1.54, 1.807) is 30.5 Å². The topological polar surface area (TPSA) is 54.0 Å². The SMILES string of the molecule is CCCC(=O)Nc1ccc(Nc2ccc(Cl)c(Cl)c2)nc1. The third kappa shape index (κ3) is 4.62. The molecule has 1 amide bonds. The number of halogens is 2. The van der Waals surface area contributed by atoms with Crippen LogP contribution in [0.25, 0.3) is 0 Å². The van der Waals surface area contributed by atoms with Crippen LogP contribution in [0.4, 0.5) is 17.2 Å². The first-order chi connectivity index (χ1) is 10.1. The molecule has 6 heteroatoms. The number of benzene rings is 1. The van der Waals surface area contributed by atoms with Crippen LogP contribution < -0.4 is 10.6 Å². The van der Waals surface area contributed by atoms with Gasteiger partial charge in [0.1, 0.15) is 5.82 Å². The number of carbonyl (C=O) groups excluding carboxylic acids is 1. The lowest BCUT2D eigenvalue weighted by Crippen LogP contribution is -2.10. The molecule has 2 rings (SSSR count). The zero-order valence-corrected chi connectivity index (χ0v) is 13.0.